The van der Waals surface area contributed by atoms with Gasteiger partial charge >= 0.3 is 5.97 Å². The molecular weight excluding hydrogens is 244 g/mol. The molecule has 0 radical (unpaired) electrons. The Morgan fingerprint density at radius 3 is 2.47 bits per heavy atom. The number of carbonyl (C=O) groups is 2. The highest BCUT2D eigenvalue weighted by Gasteiger charge is 2.30. The summed E-state index contributed by atoms with van der Waals surface area (Å²) in [5.74, 6) is -1.18. The zero-order chi connectivity index (χ0) is 14.5. The van der Waals surface area contributed by atoms with Crippen LogP contribution >= 0.6 is 0 Å². The number of amides is 1. The SMILES string of the molecule is CC(CCC(=O)O)NC(=O)C(C)(N)c1ccccc1. The van der Waals surface area contributed by atoms with Crippen LogP contribution < -0.4 is 11.1 Å². The predicted molar refractivity (Wildman–Crippen MR) is 72.5 cm³/mol. The lowest BCUT2D eigenvalue weighted by Crippen LogP contribution is -2.51. The molecule has 1 amide bonds. The number of aliphatic carboxylic acids is 1. The highest BCUT2D eigenvalue weighted by atomic mass is 16.4. The van der Waals surface area contributed by atoms with Gasteiger partial charge in [-0.3, -0.25) is 9.59 Å². The Morgan fingerprint density at radius 1 is 1.37 bits per heavy atom. The van der Waals surface area contributed by atoms with Crippen molar-refractivity contribution in [2.24, 2.45) is 5.73 Å². The van der Waals surface area contributed by atoms with Crippen LogP contribution in [0.3, 0.4) is 0 Å². The summed E-state index contributed by atoms with van der Waals surface area (Å²) in [6.07, 6.45) is 0.403. The first kappa shape index (κ1) is 15.2. The number of carboxylic acid groups (broad SMARTS) is 1. The van der Waals surface area contributed by atoms with Crippen molar-refractivity contribution in [1.29, 1.82) is 0 Å². The first-order valence-electron chi connectivity index (χ1n) is 6.21. The molecule has 1 rings (SSSR count). The Hall–Kier alpha value is -1.88. The van der Waals surface area contributed by atoms with Crippen LogP contribution in [0.5, 0.6) is 0 Å². The predicted octanol–water partition coefficient (Wildman–Crippen LogP) is 1.23. The van der Waals surface area contributed by atoms with Crippen molar-refractivity contribution in [3.8, 4) is 0 Å². The van der Waals surface area contributed by atoms with E-state index in [4.69, 9.17) is 10.8 Å². The first-order chi connectivity index (χ1) is 8.84. The minimum Gasteiger partial charge on any atom is -0.481 e. The lowest BCUT2D eigenvalue weighted by molar-refractivity contribution is -0.137. The maximum Gasteiger partial charge on any atom is 0.303 e. The van der Waals surface area contributed by atoms with Crippen molar-refractivity contribution in [2.45, 2.75) is 38.3 Å². The largest absolute Gasteiger partial charge is 0.481 e. The van der Waals surface area contributed by atoms with Gasteiger partial charge in [0.25, 0.3) is 0 Å². The van der Waals surface area contributed by atoms with Gasteiger partial charge in [0.2, 0.25) is 5.91 Å². The molecule has 2 unspecified atom stereocenters. The zero-order valence-electron chi connectivity index (χ0n) is 11.2. The van der Waals surface area contributed by atoms with Crippen LogP contribution in [0.25, 0.3) is 0 Å². The van der Waals surface area contributed by atoms with Gasteiger partial charge in [-0.25, -0.2) is 0 Å². The lowest BCUT2D eigenvalue weighted by atomic mass is 9.92. The second-order valence-electron chi connectivity index (χ2n) is 4.88. The van der Waals surface area contributed by atoms with E-state index in [1.807, 2.05) is 18.2 Å². The molecule has 0 heterocycles. The van der Waals surface area contributed by atoms with E-state index in [1.165, 1.54) is 0 Å². The fourth-order valence-electron chi connectivity index (χ4n) is 1.70. The van der Waals surface area contributed by atoms with E-state index in [9.17, 15) is 9.59 Å². The number of hydrogen-bond donors (Lipinski definition) is 3. The third-order valence-electron chi connectivity index (χ3n) is 3.01. The molecule has 1 aromatic carbocycles. The van der Waals surface area contributed by atoms with Crippen molar-refractivity contribution in [3.63, 3.8) is 0 Å². The number of nitrogens with one attached hydrogen (secondary N) is 1. The molecule has 5 heteroatoms. The normalized spacial score (nSPS) is 15.3. The minimum atomic E-state index is -1.13. The third-order valence-corrected chi connectivity index (χ3v) is 3.01. The molecule has 19 heavy (non-hydrogen) atoms. The molecule has 104 valence electrons. The van der Waals surface area contributed by atoms with Gasteiger partial charge in [-0.2, -0.15) is 0 Å². The number of nitrogens with two attached hydrogens (primary N) is 1. The van der Waals surface area contributed by atoms with Crippen molar-refractivity contribution in [2.75, 3.05) is 0 Å². The van der Waals surface area contributed by atoms with E-state index in [0.29, 0.717) is 6.42 Å². The van der Waals surface area contributed by atoms with Crippen molar-refractivity contribution in [3.05, 3.63) is 35.9 Å². The number of carboxylic acids is 1. The topological polar surface area (TPSA) is 92.4 Å². The van der Waals surface area contributed by atoms with Crippen LogP contribution in [0.15, 0.2) is 30.3 Å². The number of hydrogen-bond acceptors (Lipinski definition) is 3. The fraction of sp³-hybridized carbons (Fsp3) is 0.429. The van der Waals surface area contributed by atoms with E-state index < -0.39 is 11.5 Å². The molecule has 4 N–H and O–H groups in total. The molecule has 0 aliphatic rings. The summed E-state index contributed by atoms with van der Waals surface area (Å²) in [6.45, 7) is 3.41. The van der Waals surface area contributed by atoms with E-state index in [2.05, 4.69) is 5.32 Å². The molecular formula is C14H20N2O3. The average molecular weight is 264 g/mol. The van der Waals surface area contributed by atoms with Gasteiger partial charge in [-0.15, -0.1) is 0 Å². The van der Waals surface area contributed by atoms with Gasteiger partial charge in [0, 0.05) is 12.5 Å². The molecule has 0 aliphatic heterocycles. The zero-order valence-corrected chi connectivity index (χ0v) is 11.2. The standard InChI is InChI=1S/C14H20N2O3/c1-10(8-9-12(17)18)16-13(19)14(2,15)11-6-4-3-5-7-11/h3-7,10H,8-9,15H2,1-2H3,(H,16,19)(H,17,18). The average Bonchev–Trinajstić information content (AvgIpc) is 2.37. The molecule has 0 aliphatic carbocycles. The van der Waals surface area contributed by atoms with Crippen LogP contribution in [0, 0.1) is 0 Å². The Bertz CT molecular complexity index is 443. The first-order valence-corrected chi connectivity index (χ1v) is 6.21. The molecule has 0 saturated carbocycles. The number of carbonyl (C=O) groups excluding carboxylic acids is 1. The summed E-state index contributed by atoms with van der Waals surface area (Å²) in [5.41, 5.74) is 5.65. The maximum atomic E-state index is 12.1. The highest BCUT2D eigenvalue weighted by Crippen LogP contribution is 2.17. The molecule has 5 nitrogen and oxygen atoms in total. The molecule has 1 aromatic rings. The molecule has 0 saturated heterocycles. The lowest BCUT2D eigenvalue weighted by Gasteiger charge is -2.26. The van der Waals surface area contributed by atoms with Gasteiger partial charge in [0.1, 0.15) is 5.54 Å². The summed E-state index contributed by atoms with van der Waals surface area (Å²) in [5, 5.41) is 11.3. The fourth-order valence-corrected chi connectivity index (χ4v) is 1.70. The monoisotopic (exact) mass is 264 g/mol. The van der Waals surface area contributed by atoms with Crippen molar-refractivity contribution in [1.82, 2.24) is 5.32 Å². The van der Waals surface area contributed by atoms with E-state index in [0.717, 1.165) is 5.56 Å². The molecule has 0 fully saturated rings. The summed E-state index contributed by atoms with van der Waals surface area (Å²) in [4.78, 5) is 22.6. The van der Waals surface area contributed by atoms with Gasteiger partial charge in [0.05, 0.1) is 0 Å². The Labute approximate surface area is 112 Å². The van der Waals surface area contributed by atoms with Gasteiger partial charge < -0.3 is 16.2 Å². The highest BCUT2D eigenvalue weighted by molar-refractivity contribution is 5.87. The summed E-state index contributed by atoms with van der Waals surface area (Å²) >= 11 is 0. The van der Waals surface area contributed by atoms with Crippen LogP contribution in [0.4, 0.5) is 0 Å². The molecule has 0 spiro atoms. The Morgan fingerprint density at radius 2 is 1.95 bits per heavy atom. The molecule has 2 atom stereocenters. The second-order valence-corrected chi connectivity index (χ2v) is 4.88. The van der Waals surface area contributed by atoms with E-state index >= 15 is 0 Å². The van der Waals surface area contributed by atoms with Crippen LogP contribution in [-0.2, 0) is 15.1 Å². The van der Waals surface area contributed by atoms with Crippen molar-refractivity contribution < 1.29 is 14.7 Å². The number of rotatable bonds is 6. The van der Waals surface area contributed by atoms with Gasteiger partial charge in [-0.1, -0.05) is 30.3 Å². The Kier molecular flexibility index (Phi) is 5.06. The molecule has 0 aromatic heterocycles. The minimum absolute atomic E-state index is 0.0219. The van der Waals surface area contributed by atoms with Crippen LogP contribution in [0.2, 0.25) is 0 Å². The second kappa shape index (κ2) is 6.33. The van der Waals surface area contributed by atoms with Crippen molar-refractivity contribution >= 4 is 11.9 Å². The quantitative estimate of drug-likeness (QED) is 0.720. The van der Waals surface area contributed by atoms with E-state index in [-0.39, 0.29) is 18.4 Å². The van der Waals surface area contributed by atoms with Crippen LogP contribution in [-0.4, -0.2) is 23.0 Å². The number of benzene rings is 1. The summed E-state index contributed by atoms with van der Waals surface area (Å²) in [6, 6.07) is 8.86. The summed E-state index contributed by atoms with van der Waals surface area (Å²) < 4.78 is 0. The molecule has 0 bridgehead atoms. The van der Waals surface area contributed by atoms with Crippen LogP contribution in [0.1, 0.15) is 32.3 Å². The smallest absolute Gasteiger partial charge is 0.303 e. The van der Waals surface area contributed by atoms with Gasteiger partial charge in [-0.05, 0) is 25.8 Å². The maximum absolute atomic E-state index is 12.1. The van der Waals surface area contributed by atoms with E-state index in [1.54, 1.807) is 26.0 Å². The summed E-state index contributed by atoms with van der Waals surface area (Å²) in [7, 11) is 0. The van der Waals surface area contributed by atoms with Gasteiger partial charge in [0.15, 0.2) is 0 Å². The third kappa shape index (κ3) is 4.37. The Balaban J connectivity index is 2.64.